The molecule has 0 aliphatic carbocycles. The van der Waals surface area contributed by atoms with Gasteiger partial charge in [0.1, 0.15) is 0 Å². The molecule has 284 valence electrons. The summed E-state index contributed by atoms with van der Waals surface area (Å²) in [4.78, 5) is 4.76. The molecule has 2 nitrogen and oxygen atoms in total. The van der Waals surface area contributed by atoms with E-state index in [0.29, 0.717) is 0 Å². The van der Waals surface area contributed by atoms with Crippen LogP contribution in [0.15, 0.2) is 255 Å². The lowest BCUT2D eigenvalue weighted by Gasteiger charge is -2.30. The fraction of sp³-hybridized carbons (Fsp3) is 0. The molecule has 0 fully saturated rings. The zero-order chi connectivity index (χ0) is 40.1. The molecule has 0 atom stereocenters. The quantitative estimate of drug-likeness (QED) is 0.137. The van der Waals surface area contributed by atoms with E-state index >= 15 is 0 Å². The fourth-order valence-electron chi connectivity index (χ4n) is 8.23. The van der Waals surface area contributed by atoms with E-state index in [9.17, 15) is 0 Å². The summed E-state index contributed by atoms with van der Waals surface area (Å²) in [5, 5.41) is 2.39. The van der Waals surface area contributed by atoms with Gasteiger partial charge in [0.15, 0.2) is 0 Å². The summed E-state index contributed by atoms with van der Waals surface area (Å²) in [7, 11) is 0. The topological polar surface area (TPSA) is 6.48 Å². The molecule has 0 unspecified atom stereocenters. The highest BCUT2D eigenvalue weighted by atomic mass is 15.2. The molecule has 0 aliphatic heterocycles. The Morgan fingerprint density at radius 1 is 0.200 bits per heavy atom. The van der Waals surface area contributed by atoms with Gasteiger partial charge in [0.05, 0.1) is 5.69 Å². The van der Waals surface area contributed by atoms with Crippen molar-refractivity contribution < 1.29 is 0 Å². The van der Waals surface area contributed by atoms with Crippen LogP contribution < -0.4 is 9.80 Å². The molecule has 0 heterocycles. The van der Waals surface area contributed by atoms with Gasteiger partial charge in [-0.1, -0.05) is 182 Å². The second kappa shape index (κ2) is 16.5. The minimum atomic E-state index is 1.07. The maximum atomic E-state index is 2.42. The predicted molar refractivity (Wildman–Crippen MR) is 255 cm³/mol. The standard InChI is InChI=1S/C58H42N2/c1-5-16-43(17-6-1)47-28-32-52(33-29-47)59(53-34-30-48(31-35-53)44-18-7-2-8-19-44)54-36-38-55(39-37-54)60(58-27-15-25-49-24-13-14-26-57(49)58)56-41-50(45-20-9-3-10-21-45)40-51(42-56)46-22-11-4-12-23-46/h1-42H. The molecule has 0 aliphatic rings. The normalized spacial score (nSPS) is 11.0. The van der Waals surface area contributed by atoms with Crippen LogP contribution in [0.4, 0.5) is 34.1 Å². The van der Waals surface area contributed by atoms with Crippen LogP contribution in [0.25, 0.3) is 55.3 Å². The number of benzene rings is 10. The van der Waals surface area contributed by atoms with E-state index in [-0.39, 0.29) is 0 Å². The summed E-state index contributed by atoms with van der Waals surface area (Å²) in [6.45, 7) is 0. The van der Waals surface area contributed by atoms with Crippen molar-refractivity contribution in [2.75, 3.05) is 9.80 Å². The van der Waals surface area contributed by atoms with Crippen molar-refractivity contribution in [2.45, 2.75) is 0 Å². The Kier molecular flexibility index (Phi) is 10.0. The molecular weight excluding hydrogens is 725 g/mol. The van der Waals surface area contributed by atoms with E-state index in [1.54, 1.807) is 0 Å². The van der Waals surface area contributed by atoms with Gasteiger partial charge in [-0.3, -0.25) is 0 Å². The molecule has 2 heteroatoms. The van der Waals surface area contributed by atoms with Crippen molar-refractivity contribution >= 4 is 44.9 Å². The Balaban J connectivity index is 1.11. The summed E-state index contributed by atoms with van der Waals surface area (Å²) in [6, 6.07) is 91.5. The van der Waals surface area contributed by atoms with Crippen molar-refractivity contribution in [3.8, 4) is 44.5 Å². The third-order valence-electron chi connectivity index (χ3n) is 11.2. The molecule has 0 bridgehead atoms. The summed E-state index contributed by atoms with van der Waals surface area (Å²) in [6.07, 6.45) is 0. The Morgan fingerprint density at radius 3 is 0.983 bits per heavy atom. The van der Waals surface area contributed by atoms with Gasteiger partial charge >= 0.3 is 0 Å². The van der Waals surface area contributed by atoms with Crippen molar-refractivity contribution in [2.24, 2.45) is 0 Å². The number of hydrogen-bond donors (Lipinski definition) is 0. The van der Waals surface area contributed by atoms with Crippen molar-refractivity contribution in [1.29, 1.82) is 0 Å². The molecule has 60 heavy (non-hydrogen) atoms. The molecule has 0 amide bonds. The van der Waals surface area contributed by atoms with Crippen molar-refractivity contribution in [3.05, 3.63) is 255 Å². The molecule has 0 aromatic heterocycles. The first-order valence-corrected chi connectivity index (χ1v) is 20.5. The zero-order valence-electron chi connectivity index (χ0n) is 33.1. The highest BCUT2D eigenvalue weighted by Gasteiger charge is 2.20. The van der Waals surface area contributed by atoms with Gasteiger partial charge in [-0.05, 0) is 123 Å². The molecule has 10 aromatic rings. The minimum absolute atomic E-state index is 1.07. The largest absolute Gasteiger partial charge is 0.311 e. The Hall–Kier alpha value is -7.94. The van der Waals surface area contributed by atoms with Crippen LogP contribution in [0.1, 0.15) is 0 Å². The van der Waals surface area contributed by atoms with E-state index in [0.717, 1.165) is 45.3 Å². The molecule has 0 radical (unpaired) electrons. The lowest BCUT2D eigenvalue weighted by Crippen LogP contribution is -2.12. The molecule has 0 saturated carbocycles. The van der Waals surface area contributed by atoms with Crippen LogP contribution in [0.5, 0.6) is 0 Å². The van der Waals surface area contributed by atoms with E-state index < -0.39 is 0 Å². The first kappa shape index (κ1) is 36.4. The van der Waals surface area contributed by atoms with Crippen LogP contribution in [0, 0.1) is 0 Å². The van der Waals surface area contributed by atoms with Gasteiger partial charge in [0.2, 0.25) is 0 Å². The van der Waals surface area contributed by atoms with Crippen LogP contribution in [-0.4, -0.2) is 0 Å². The third kappa shape index (κ3) is 7.46. The maximum absolute atomic E-state index is 2.42. The number of fused-ring (bicyclic) bond motifs is 1. The van der Waals surface area contributed by atoms with Crippen LogP contribution in [0.3, 0.4) is 0 Å². The first-order chi connectivity index (χ1) is 29.7. The highest BCUT2D eigenvalue weighted by Crippen LogP contribution is 2.44. The monoisotopic (exact) mass is 766 g/mol. The summed E-state index contributed by atoms with van der Waals surface area (Å²) in [5.74, 6) is 0. The highest BCUT2D eigenvalue weighted by molar-refractivity contribution is 6.00. The Morgan fingerprint density at radius 2 is 0.533 bits per heavy atom. The van der Waals surface area contributed by atoms with Crippen LogP contribution in [-0.2, 0) is 0 Å². The molecule has 0 saturated heterocycles. The number of rotatable bonds is 10. The Labute approximate surface area is 352 Å². The SMILES string of the molecule is c1ccc(-c2ccc(N(c3ccc(-c4ccccc4)cc3)c3ccc(N(c4cc(-c5ccccc5)cc(-c5ccccc5)c4)c4cccc5ccccc45)cc3)cc2)cc1. The number of anilines is 6. The van der Waals surface area contributed by atoms with Crippen molar-refractivity contribution in [1.82, 2.24) is 0 Å². The second-order valence-electron chi connectivity index (χ2n) is 15.0. The lowest BCUT2D eigenvalue weighted by molar-refractivity contribution is 1.26. The molecule has 0 N–H and O–H groups in total. The molecule has 10 rings (SSSR count). The van der Waals surface area contributed by atoms with Gasteiger partial charge < -0.3 is 9.80 Å². The minimum Gasteiger partial charge on any atom is -0.311 e. The summed E-state index contributed by atoms with van der Waals surface area (Å²) >= 11 is 0. The number of nitrogens with zero attached hydrogens (tertiary/aromatic N) is 2. The van der Waals surface area contributed by atoms with Gasteiger partial charge in [0.25, 0.3) is 0 Å². The average Bonchev–Trinajstić information content (AvgIpc) is 3.34. The van der Waals surface area contributed by atoms with Gasteiger partial charge in [0, 0.05) is 33.8 Å². The summed E-state index contributed by atoms with van der Waals surface area (Å²) < 4.78 is 0. The number of hydrogen-bond acceptors (Lipinski definition) is 2. The average molecular weight is 767 g/mol. The van der Waals surface area contributed by atoms with Gasteiger partial charge in [-0.25, -0.2) is 0 Å². The van der Waals surface area contributed by atoms with E-state index in [4.69, 9.17) is 0 Å². The molecule has 10 aromatic carbocycles. The van der Waals surface area contributed by atoms with E-state index in [1.165, 1.54) is 44.2 Å². The zero-order valence-corrected chi connectivity index (χ0v) is 33.1. The van der Waals surface area contributed by atoms with Gasteiger partial charge in [-0.15, -0.1) is 0 Å². The Bertz CT molecular complexity index is 2830. The lowest BCUT2D eigenvalue weighted by atomic mass is 9.97. The molecular formula is C58H42N2. The van der Waals surface area contributed by atoms with E-state index in [2.05, 4.69) is 265 Å². The summed E-state index contributed by atoms with van der Waals surface area (Å²) in [5.41, 5.74) is 16.0. The van der Waals surface area contributed by atoms with Crippen molar-refractivity contribution in [3.63, 3.8) is 0 Å². The predicted octanol–water partition coefficient (Wildman–Crippen LogP) is 16.4. The first-order valence-electron chi connectivity index (χ1n) is 20.5. The third-order valence-corrected chi connectivity index (χ3v) is 11.2. The molecule has 0 spiro atoms. The second-order valence-corrected chi connectivity index (χ2v) is 15.0. The van der Waals surface area contributed by atoms with Crippen LogP contribution in [0.2, 0.25) is 0 Å². The van der Waals surface area contributed by atoms with Crippen LogP contribution >= 0.6 is 0 Å². The maximum Gasteiger partial charge on any atom is 0.0540 e. The van der Waals surface area contributed by atoms with Gasteiger partial charge in [-0.2, -0.15) is 0 Å². The smallest absolute Gasteiger partial charge is 0.0540 e. The van der Waals surface area contributed by atoms with E-state index in [1.807, 2.05) is 0 Å². The fourth-order valence-corrected chi connectivity index (χ4v) is 8.23.